The van der Waals surface area contributed by atoms with Crippen LogP contribution in [0.25, 0.3) is 0 Å². The van der Waals surface area contributed by atoms with Gasteiger partial charge in [0.15, 0.2) is 0 Å². The minimum absolute atomic E-state index is 0.158. The minimum atomic E-state index is -0.386. The largest absolute Gasteiger partial charge is 0.307 e. The fourth-order valence-corrected chi connectivity index (χ4v) is 2.47. The van der Waals surface area contributed by atoms with E-state index < -0.39 is 0 Å². The number of hydrogen-bond acceptors (Lipinski definition) is 2. The van der Waals surface area contributed by atoms with Gasteiger partial charge in [-0.15, -0.1) is 0 Å². The molecule has 1 heterocycles. The summed E-state index contributed by atoms with van der Waals surface area (Å²) >= 11 is 0. The first-order valence-corrected chi connectivity index (χ1v) is 6.46. The maximum atomic E-state index is 13.6. The van der Waals surface area contributed by atoms with Crippen LogP contribution in [0.1, 0.15) is 31.4 Å². The van der Waals surface area contributed by atoms with Crippen LogP contribution in [0.4, 0.5) is 8.78 Å². The molecule has 18 heavy (non-hydrogen) atoms. The number of hydrogen-bond donors (Lipinski definition) is 1. The fraction of sp³-hybridized carbons (Fsp3) is 0.571. The van der Waals surface area contributed by atoms with E-state index in [2.05, 4.69) is 17.3 Å². The van der Waals surface area contributed by atoms with Crippen LogP contribution in [0.15, 0.2) is 18.2 Å². The second-order valence-electron chi connectivity index (χ2n) is 5.13. The number of likely N-dealkylation sites (tertiary alicyclic amines) is 1. The van der Waals surface area contributed by atoms with Gasteiger partial charge in [-0.05, 0) is 58.1 Å². The van der Waals surface area contributed by atoms with Crippen molar-refractivity contribution in [2.75, 3.05) is 20.1 Å². The lowest BCUT2D eigenvalue weighted by molar-refractivity contribution is 0.226. The third kappa shape index (κ3) is 3.27. The summed E-state index contributed by atoms with van der Waals surface area (Å²) in [4.78, 5) is 2.28. The molecule has 0 amide bonds. The monoisotopic (exact) mass is 254 g/mol. The molecule has 0 bridgehead atoms. The SMILES string of the molecule is CC(NC1CCN(C)CC1)c1cc(F)ccc1F. The Hall–Kier alpha value is -1.00. The zero-order valence-electron chi connectivity index (χ0n) is 10.9. The summed E-state index contributed by atoms with van der Waals surface area (Å²) in [7, 11) is 2.10. The van der Waals surface area contributed by atoms with Crippen molar-refractivity contribution in [3.05, 3.63) is 35.4 Å². The van der Waals surface area contributed by atoms with Crippen LogP contribution in [-0.4, -0.2) is 31.1 Å². The zero-order valence-corrected chi connectivity index (χ0v) is 10.9. The van der Waals surface area contributed by atoms with E-state index >= 15 is 0 Å². The quantitative estimate of drug-likeness (QED) is 0.892. The van der Waals surface area contributed by atoms with Crippen molar-refractivity contribution in [2.24, 2.45) is 0 Å². The van der Waals surface area contributed by atoms with Gasteiger partial charge in [0, 0.05) is 17.6 Å². The molecule has 1 atom stereocenters. The third-order valence-electron chi connectivity index (χ3n) is 3.63. The Morgan fingerprint density at radius 3 is 2.61 bits per heavy atom. The minimum Gasteiger partial charge on any atom is -0.307 e. The van der Waals surface area contributed by atoms with Gasteiger partial charge in [-0.1, -0.05) is 0 Å². The first-order valence-electron chi connectivity index (χ1n) is 6.46. The van der Waals surface area contributed by atoms with E-state index in [0.717, 1.165) is 32.0 Å². The Balaban J connectivity index is 1.98. The average Bonchev–Trinajstić information content (AvgIpc) is 2.35. The lowest BCUT2D eigenvalue weighted by atomic mass is 10.0. The number of nitrogens with one attached hydrogen (secondary N) is 1. The summed E-state index contributed by atoms with van der Waals surface area (Å²) in [5.41, 5.74) is 0.411. The second-order valence-corrected chi connectivity index (χ2v) is 5.13. The van der Waals surface area contributed by atoms with Crippen molar-refractivity contribution in [2.45, 2.75) is 31.8 Å². The standard InChI is InChI=1S/C14H20F2N2/c1-10(13-9-11(15)3-4-14(13)16)17-12-5-7-18(2)8-6-12/h3-4,9-10,12,17H,5-8H2,1-2H3. The molecule has 1 aliphatic heterocycles. The highest BCUT2D eigenvalue weighted by molar-refractivity contribution is 5.22. The summed E-state index contributed by atoms with van der Waals surface area (Å²) in [5.74, 6) is -0.729. The molecule has 0 saturated carbocycles. The van der Waals surface area contributed by atoms with Crippen LogP contribution < -0.4 is 5.32 Å². The van der Waals surface area contributed by atoms with Crippen molar-refractivity contribution >= 4 is 0 Å². The molecule has 0 spiro atoms. The van der Waals surface area contributed by atoms with Crippen LogP contribution in [-0.2, 0) is 0 Å². The lowest BCUT2D eigenvalue weighted by Crippen LogP contribution is -2.41. The van der Waals surface area contributed by atoms with E-state index in [4.69, 9.17) is 0 Å². The molecule has 0 aliphatic carbocycles. The van der Waals surface area contributed by atoms with Crippen molar-refractivity contribution < 1.29 is 8.78 Å². The predicted molar refractivity (Wildman–Crippen MR) is 68.4 cm³/mol. The predicted octanol–water partition coefficient (Wildman–Crippen LogP) is 2.71. The van der Waals surface area contributed by atoms with Crippen molar-refractivity contribution in [1.29, 1.82) is 0 Å². The van der Waals surface area contributed by atoms with Crippen LogP contribution in [0.5, 0.6) is 0 Å². The molecule has 1 aromatic rings. The summed E-state index contributed by atoms with van der Waals surface area (Å²) < 4.78 is 26.8. The van der Waals surface area contributed by atoms with E-state index in [1.807, 2.05) is 6.92 Å². The van der Waals surface area contributed by atoms with Crippen molar-refractivity contribution in [3.8, 4) is 0 Å². The van der Waals surface area contributed by atoms with E-state index in [1.54, 1.807) is 0 Å². The molecule has 1 unspecified atom stereocenters. The number of rotatable bonds is 3. The maximum absolute atomic E-state index is 13.6. The summed E-state index contributed by atoms with van der Waals surface area (Å²) in [6.07, 6.45) is 2.11. The normalized spacial score (nSPS) is 20.0. The molecule has 2 nitrogen and oxygen atoms in total. The molecule has 0 radical (unpaired) electrons. The highest BCUT2D eigenvalue weighted by atomic mass is 19.1. The summed E-state index contributed by atoms with van der Waals surface area (Å²) in [5, 5.41) is 3.39. The van der Waals surface area contributed by atoms with Crippen molar-refractivity contribution in [3.63, 3.8) is 0 Å². The number of halogens is 2. The van der Waals surface area contributed by atoms with Crippen LogP contribution in [0, 0.1) is 11.6 Å². The van der Waals surface area contributed by atoms with E-state index in [1.165, 1.54) is 12.1 Å². The molecule has 0 aromatic heterocycles. The molecule has 1 aromatic carbocycles. The van der Waals surface area contributed by atoms with Gasteiger partial charge in [0.2, 0.25) is 0 Å². The summed E-state index contributed by atoms with van der Waals surface area (Å²) in [6.45, 7) is 3.99. The number of piperidine rings is 1. The van der Waals surface area contributed by atoms with E-state index in [9.17, 15) is 8.78 Å². The molecule has 1 fully saturated rings. The average molecular weight is 254 g/mol. The number of benzene rings is 1. The Kier molecular flexibility index (Phi) is 4.30. The maximum Gasteiger partial charge on any atom is 0.128 e. The first-order chi connectivity index (χ1) is 8.56. The Bertz CT molecular complexity index is 401. The topological polar surface area (TPSA) is 15.3 Å². The number of nitrogens with zero attached hydrogens (tertiary/aromatic N) is 1. The Morgan fingerprint density at radius 1 is 1.28 bits per heavy atom. The van der Waals surface area contributed by atoms with Gasteiger partial charge < -0.3 is 10.2 Å². The lowest BCUT2D eigenvalue weighted by Gasteiger charge is -2.31. The molecule has 1 N–H and O–H groups in total. The molecule has 100 valence electrons. The fourth-order valence-electron chi connectivity index (χ4n) is 2.47. The Morgan fingerprint density at radius 2 is 1.94 bits per heavy atom. The van der Waals surface area contributed by atoms with Gasteiger partial charge in [0.25, 0.3) is 0 Å². The molecule has 1 aliphatic rings. The molecular formula is C14H20F2N2. The smallest absolute Gasteiger partial charge is 0.128 e. The third-order valence-corrected chi connectivity index (χ3v) is 3.63. The summed E-state index contributed by atoms with van der Waals surface area (Å²) in [6, 6.07) is 3.86. The van der Waals surface area contributed by atoms with Gasteiger partial charge in [-0.2, -0.15) is 0 Å². The van der Waals surface area contributed by atoms with Gasteiger partial charge in [0.1, 0.15) is 11.6 Å². The highest BCUT2D eigenvalue weighted by Gasteiger charge is 2.20. The van der Waals surface area contributed by atoms with Gasteiger partial charge >= 0.3 is 0 Å². The Labute approximate surface area is 107 Å². The molecule has 1 saturated heterocycles. The zero-order chi connectivity index (χ0) is 13.1. The molecule has 2 rings (SSSR count). The van der Waals surface area contributed by atoms with E-state index in [0.29, 0.717) is 11.6 Å². The second kappa shape index (κ2) is 5.76. The van der Waals surface area contributed by atoms with Crippen LogP contribution >= 0.6 is 0 Å². The van der Waals surface area contributed by atoms with E-state index in [-0.39, 0.29) is 17.7 Å². The highest BCUT2D eigenvalue weighted by Crippen LogP contribution is 2.20. The first kappa shape index (κ1) is 13.4. The van der Waals surface area contributed by atoms with Gasteiger partial charge in [-0.3, -0.25) is 0 Å². The molecular weight excluding hydrogens is 234 g/mol. The molecule has 4 heteroatoms. The van der Waals surface area contributed by atoms with Crippen molar-refractivity contribution in [1.82, 2.24) is 10.2 Å². The van der Waals surface area contributed by atoms with Crippen LogP contribution in [0.2, 0.25) is 0 Å². The van der Waals surface area contributed by atoms with Crippen LogP contribution in [0.3, 0.4) is 0 Å². The van der Waals surface area contributed by atoms with Gasteiger partial charge in [0.05, 0.1) is 0 Å². The van der Waals surface area contributed by atoms with Gasteiger partial charge in [-0.25, -0.2) is 8.78 Å².